The molecular formula is C16H26ClN3O2. The lowest BCUT2D eigenvalue weighted by Crippen LogP contribution is -2.56. The summed E-state index contributed by atoms with van der Waals surface area (Å²) in [6.07, 6.45) is 1.40. The fourth-order valence-electron chi connectivity index (χ4n) is 2.00. The van der Waals surface area contributed by atoms with Crippen molar-refractivity contribution in [2.75, 3.05) is 0 Å². The Hall–Kier alpha value is -1.59. The van der Waals surface area contributed by atoms with E-state index < -0.39 is 11.6 Å². The highest BCUT2D eigenvalue weighted by Gasteiger charge is 2.29. The number of nitrogens with one attached hydrogen (secondary N) is 2. The van der Waals surface area contributed by atoms with E-state index in [4.69, 9.17) is 5.73 Å². The van der Waals surface area contributed by atoms with E-state index >= 15 is 0 Å². The van der Waals surface area contributed by atoms with Crippen LogP contribution >= 0.6 is 12.4 Å². The van der Waals surface area contributed by atoms with Crippen molar-refractivity contribution in [3.05, 3.63) is 35.9 Å². The monoisotopic (exact) mass is 327 g/mol. The van der Waals surface area contributed by atoms with Crippen molar-refractivity contribution >= 4 is 24.2 Å². The van der Waals surface area contributed by atoms with Gasteiger partial charge in [-0.25, -0.2) is 0 Å². The molecule has 4 N–H and O–H groups in total. The lowest BCUT2D eigenvalue weighted by atomic mass is 9.96. The van der Waals surface area contributed by atoms with E-state index in [-0.39, 0.29) is 24.2 Å². The third-order valence-electron chi connectivity index (χ3n) is 3.34. The third-order valence-corrected chi connectivity index (χ3v) is 3.34. The van der Waals surface area contributed by atoms with Gasteiger partial charge in [0.25, 0.3) is 0 Å². The van der Waals surface area contributed by atoms with Crippen molar-refractivity contribution in [3.63, 3.8) is 0 Å². The SMILES string of the molecule is CCCC(C)(N)C(=O)NC(C)C(=O)NCc1ccccc1.Cl. The van der Waals surface area contributed by atoms with Crippen LogP contribution in [0, 0.1) is 0 Å². The Morgan fingerprint density at radius 1 is 1.27 bits per heavy atom. The maximum atomic E-state index is 12.0. The first-order valence-corrected chi connectivity index (χ1v) is 7.28. The molecule has 2 unspecified atom stereocenters. The van der Waals surface area contributed by atoms with Gasteiger partial charge >= 0.3 is 0 Å². The Bertz CT molecular complexity index is 478. The highest BCUT2D eigenvalue weighted by Crippen LogP contribution is 2.08. The summed E-state index contributed by atoms with van der Waals surface area (Å²) in [4.78, 5) is 24.0. The molecule has 0 fully saturated rings. The van der Waals surface area contributed by atoms with Crippen LogP contribution in [0.5, 0.6) is 0 Å². The second kappa shape index (κ2) is 9.43. The summed E-state index contributed by atoms with van der Waals surface area (Å²) in [5, 5.41) is 5.46. The second-order valence-corrected chi connectivity index (χ2v) is 5.57. The van der Waals surface area contributed by atoms with Gasteiger partial charge in [0.05, 0.1) is 5.54 Å². The van der Waals surface area contributed by atoms with Gasteiger partial charge in [-0.1, -0.05) is 43.7 Å². The average molecular weight is 328 g/mol. The number of carbonyl (C=O) groups is 2. The molecule has 0 spiro atoms. The zero-order chi connectivity index (χ0) is 15.9. The molecule has 6 heteroatoms. The molecule has 0 saturated heterocycles. The first-order valence-electron chi connectivity index (χ1n) is 7.28. The summed E-state index contributed by atoms with van der Waals surface area (Å²) in [6.45, 7) is 5.74. The Labute approximate surface area is 138 Å². The number of amides is 2. The summed E-state index contributed by atoms with van der Waals surface area (Å²) < 4.78 is 0. The zero-order valence-corrected chi connectivity index (χ0v) is 14.2. The number of hydrogen-bond acceptors (Lipinski definition) is 3. The van der Waals surface area contributed by atoms with Gasteiger partial charge in [0.1, 0.15) is 6.04 Å². The molecule has 0 aromatic heterocycles. The summed E-state index contributed by atoms with van der Waals surface area (Å²) in [7, 11) is 0. The van der Waals surface area contributed by atoms with Crippen LogP contribution in [-0.4, -0.2) is 23.4 Å². The van der Waals surface area contributed by atoms with E-state index in [1.54, 1.807) is 13.8 Å². The first-order chi connectivity index (χ1) is 9.86. The van der Waals surface area contributed by atoms with Crippen LogP contribution in [0.3, 0.4) is 0 Å². The number of benzene rings is 1. The molecule has 0 radical (unpaired) electrons. The molecule has 1 aromatic carbocycles. The first kappa shape index (κ1) is 20.4. The van der Waals surface area contributed by atoms with Crippen molar-refractivity contribution < 1.29 is 9.59 Å². The number of carbonyl (C=O) groups excluding carboxylic acids is 2. The van der Waals surface area contributed by atoms with Crippen LogP contribution in [0.15, 0.2) is 30.3 Å². The normalized spacial score (nSPS) is 14.2. The van der Waals surface area contributed by atoms with Crippen LogP contribution in [0.4, 0.5) is 0 Å². The Kier molecular flexibility index (Phi) is 8.75. The predicted octanol–water partition coefficient (Wildman–Crippen LogP) is 1.75. The lowest BCUT2D eigenvalue weighted by molar-refractivity contribution is -0.131. The molecular weight excluding hydrogens is 302 g/mol. The minimum absolute atomic E-state index is 0. The number of hydrogen-bond donors (Lipinski definition) is 3. The molecule has 0 heterocycles. The molecule has 1 rings (SSSR count). The second-order valence-electron chi connectivity index (χ2n) is 5.57. The molecule has 5 nitrogen and oxygen atoms in total. The average Bonchev–Trinajstić information content (AvgIpc) is 2.45. The largest absolute Gasteiger partial charge is 0.350 e. The number of halogens is 1. The summed E-state index contributed by atoms with van der Waals surface area (Å²) in [6, 6.07) is 9.00. The third kappa shape index (κ3) is 6.45. The smallest absolute Gasteiger partial charge is 0.242 e. The fourth-order valence-corrected chi connectivity index (χ4v) is 2.00. The molecule has 1 aromatic rings. The van der Waals surface area contributed by atoms with E-state index in [2.05, 4.69) is 10.6 Å². The van der Waals surface area contributed by atoms with Crippen LogP contribution < -0.4 is 16.4 Å². The molecule has 2 atom stereocenters. The maximum absolute atomic E-state index is 12.0. The van der Waals surface area contributed by atoms with E-state index in [1.807, 2.05) is 37.3 Å². The number of rotatable bonds is 7. The van der Waals surface area contributed by atoms with Gasteiger partial charge in [0.15, 0.2) is 0 Å². The van der Waals surface area contributed by atoms with Gasteiger partial charge in [0, 0.05) is 6.54 Å². The predicted molar refractivity (Wildman–Crippen MR) is 90.6 cm³/mol. The van der Waals surface area contributed by atoms with Crippen LogP contribution in [0.25, 0.3) is 0 Å². The minimum atomic E-state index is -0.942. The quantitative estimate of drug-likeness (QED) is 0.713. The lowest BCUT2D eigenvalue weighted by Gasteiger charge is -2.25. The van der Waals surface area contributed by atoms with Gasteiger partial charge < -0.3 is 16.4 Å². The van der Waals surface area contributed by atoms with Gasteiger partial charge in [-0.2, -0.15) is 0 Å². The number of nitrogens with two attached hydrogens (primary N) is 1. The van der Waals surface area contributed by atoms with Gasteiger partial charge in [0.2, 0.25) is 11.8 Å². The fraction of sp³-hybridized carbons (Fsp3) is 0.500. The van der Waals surface area contributed by atoms with E-state index in [0.717, 1.165) is 12.0 Å². The Morgan fingerprint density at radius 3 is 2.41 bits per heavy atom. The van der Waals surface area contributed by atoms with Gasteiger partial charge in [-0.15, -0.1) is 12.4 Å². The Morgan fingerprint density at radius 2 is 1.86 bits per heavy atom. The van der Waals surface area contributed by atoms with E-state index in [9.17, 15) is 9.59 Å². The van der Waals surface area contributed by atoms with Crippen molar-refractivity contribution in [3.8, 4) is 0 Å². The molecule has 0 aliphatic rings. The van der Waals surface area contributed by atoms with Crippen LogP contribution in [-0.2, 0) is 16.1 Å². The van der Waals surface area contributed by atoms with Crippen molar-refractivity contribution in [1.82, 2.24) is 10.6 Å². The van der Waals surface area contributed by atoms with E-state index in [1.165, 1.54) is 0 Å². The van der Waals surface area contributed by atoms with Crippen molar-refractivity contribution in [2.45, 2.75) is 51.7 Å². The summed E-state index contributed by atoms with van der Waals surface area (Å²) in [5.74, 6) is -0.522. The van der Waals surface area contributed by atoms with Crippen LogP contribution in [0.2, 0.25) is 0 Å². The highest BCUT2D eigenvalue weighted by atomic mass is 35.5. The molecule has 0 aliphatic heterocycles. The molecule has 22 heavy (non-hydrogen) atoms. The standard InChI is InChI=1S/C16H25N3O2.ClH/c1-4-10-16(3,17)15(21)19-12(2)14(20)18-11-13-8-6-5-7-9-13;/h5-9,12H,4,10-11,17H2,1-3H3,(H,18,20)(H,19,21);1H. The minimum Gasteiger partial charge on any atom is -0.350 e. The topological polar surface area (TPSA) is 84.2 Å². The Balaban J connectivity index is 0.00000441. The van der Waals surface area contributed by atoms with Crippen LogP contribution in [0.1, 0.15) is 39.2 Å². The summed E-state index contributed by atoms with van der Waals surface area (Å²) >= 11 is 0. The van der Waals surface area contributed by atoms with E-state index in [0.29, 0.717) is 13.0 Å². The molecule has 124 valence electrons. The van der Waals surface area contributed by atoms with Crippen molar-refractivity contribution in [1.29, 1.82) is 0 Å². The van der Waals surface area contributed by atoms with Crippen molar-refractivity contribution in [2.24, 2.45) is 5.73 Å². The molecule has 0 aliphatic carbocycles. The van der Waals surface area contributed by atoms with Gasteiger partial charge in [-0.05, 0) is 25.8 Å². The highest BCUT2D eigenvalue weighted by molar-refractivity contribution is 5.91. The summed E-state index contributed by atoms with van der Waals surface area (Å²) in [5.41, 5.74) is 6.01. The molecule has 2 amide bonds. The molecule has 0 bridgehead atoms. The zero-order valence-electron chi connectivity index (χ0n) is 13.4. The molecule has 0 saturated carbocycles. The van der Waals surface area contributed by atoms with Gasteiger partial charge in [-0.3, -0.25) is 9.59 Å². The maximum Gasteiger partial charge on any atom is 0.242 e.